The number of hydrogen-bond acceptors (Lipinski definition) is 7. The highest BCUT2D eigenvalue weighted by Crippen LogP contribution is 2.32. The van der Waals surface area contributed by atoms with Crippen molar-refractivity contribution in [3.8, 4) is 5.75 Å². The number of piperidine rings is 1. The monoisotopic (exact) mass is 566 g/mol. The number of carbonyl (C=O) groups excluding carboxylic acids is 1. The first-order valence-electron chi connectivity index (χ1n) is 12.3. The SMILES string of the molecule is CCC1CCCCN1S(=O)(=O)c1ccc(C(=O)N(CCN(C)C)c2nc3cc(OC)ccc3s2)cc1.Cl. The van der Waals surface area contributed by atoms with Gasteiger partial charge in [0, 0.05) is 37.3 Å². The number of hydrogen-bond donors (Lipinski definition) is 0. The zero-order chi connectivity index (χ0) is 25.9. The van der Waals surface area contributed by atoms with Crippen LogP contribution in [0, 0.1) is 0 Å². The van der Waals surface area contributed by atoms with Crippen molar-refractivity contribution >= 4 is 55.0 Å². The number of benzene rings is 2. The quantitative estimate of drug-likeness (QED) is 0.367. The summed E-state index contributed by atoms with van der Waals surface area (Å²) in [6.07, 6.45) is 3.62. The number of fused-ring (bicyclic) bond motifs is 1. The number of sulfonamides is 1. The number of nitrogens with zero attached hydrogens (tertiary/aromatic N) is 4. The summed E-state index contributed by atoms with van der Waals surface area (Å²) >= 11 is 1.45. The standard InChI is InChI=1S/C26H34N4O4S2.ClH/c1-5-20-8-6-7-15-30(20)36(32,33)22-12-9-19(10-13-22)25(31)29(17-16-28(2)3)26-27-23-18-21(34-4)11-14-24(23)35-26;/h9-14,18,20H,5-8,15-17H2,1-4H3;1H. The first-order valence-corrected chi connectivity index (χ1v) is 14.5. The second-order valence-electron chi connectivity index (χ2n) is 9.29. The summed E-state index contributed by atoms with van der Waals surface area (Å²) in [7, 11) is 1.91. The fraction of sp³-hybridized carbons (Fsp3) is 0.462. The number of ether oxygens (including phenoxy) is 1. The molecule has 1 fully saturated rings. The summed E-state index contributed by atoms with van der Waals surface area (Å²) in [6, 6.07) is 12.0. The predicted molar refractivity (Wildman–Crippen MR) is 152 cm³/mol. The van der Waals surface area contributed by atoms with E-state index in [0.29, 0.717) is 36.1 Å². The van der Waals surface area contributed by atoms with Crippen LogP contribution in [0.4, 0.5) is 5.13 Å². The molecule has 0 radical (unpaired) electrons. The van der Waals surface area contributed by atoms with Crippen molar-refractivity contribution in [2.45, 2.75) is 43.5 Å². The number of amides is 1. The van der Waals surface area contributed by atoms with E-state index in [1.165, 1.54) is 11.3 Å². The van der Waals surface area contributed by atoms with E-state index in [9.17, 15) is 13.2 Å². The minimum Gasteiger partial charge on any atom is -0.497 e. The second kappa shape index (κ2) is 12.5. The molecule has 4 rings (SSSR count). The summed E-state index contributed by atoms with van der Waals surface area (Å²) in [6.45, 7) is 3.68. The van der Waals surface area contributed by atoms with Crippen LogP contribution in [0.5, 0.6) is 5.75 Å². The first kappa shape index (κ1) is 29.3. The third kappa shape index (κ3) is 6.43. The normalized spacial score (nSPS) is 16.5. The smallest absolute Gasteiger partial charge is 0.260 e. The third-order valence-electron chi connectivity index (χ3n) is 6.58. The zero-order valence-corrected chi connectivity index (χ0v) is 24.2. The van der Waals surface area contributed by atoms with Crippen LogP contribution in [0.2, 0.25) is 0 Å². The Hall–Kier alpha value is -2.24. The summed E-state index contributed by atoms with van der Waals surface area (Å²) in [5, 5.41) is 0.598. The molecular weight excluding hydrogens is 532 g/mol. The maximum Gasteiger partial charge on any atom is 0.260 e. The largest absolute Gasteiger partial charge is 0.497 e. The van der Waals surface area contributed by atoms with Gasteiger partial charge >= 0.3 is 0 Å². The number of methoxy groups -OCH3 is 1. The number of halogens is 1. The molecule has 3 aromatic rings. The van der Waals surface area contributed by atoms with Gasteiger partial charge in [-0.3, -0.25) is 9.69 Å². The molecule has 8 nitrogen and oxygen atoms in total. The Morgan fingerprint density at radius 1 is 1.14 bits per heavy atom. The third-order valence-corrected chi connectivity index (χ3v) is 9.61. The summed E-state index contributed by atoms with van der Waals surface area (Å²) < 4.78 is 34.6. The van der Waals surface area contributed by atoms with E-state index < -0.39 is 10.0 Å². The van der Waals surface area contributed by atoms with Crippen LogP contribution in [0.15, 0.2) is 47.4 Å². The number of anilines is 1. The lowest BCUT2D eigenvalue weighted by atomic mass is 10.0. The van der Waals surface area contributed by atoms with Crippen LogP contribution < -0.4 is 9.64 Å². The predicted octanol–water partition coefficient (Wildman–Crippen LogP) is 4.89. The Balaban J connectivity index is 0.00000380. The van der Waals surface area contributed by atoms with Crippen molar-refractivity contribution in [1.82, 2.24) is 14.2 Å². The molecule has 1 aliphatic heterocycles. The molecule has 0 saturated carbocycles. The highest BCUT2D eigenvalue weighted by Gasteiger charge is 2.32. The van der Waals surface area contributed by atoms with Gasteiger partial charge in [-0.05, 0) is 69.8 Å². The molecule has 37 heavy (non-hydrogen) atoms. The van der Waals surface area contributed by atoms with Crippen molar-refractivity contribution in [1.29, 1.82) is 0 Å². The van der Waals surface area contributed by atoms with Gasteiger partial charge in [-0.15, -0.1) is 12.4 Å². The van der Waals surface area contributed by atoms with E-state index in [4.69, 9.17) is 9.72 Å². The molecule has 0 spiro atoms. The summed E-state index contributed by atoms with van der Waals surface area (Å²) in [5.41, 5.74) is 1.20. The molecule has 2 aromatic carbocycles. The zero-order valence-electron chi connectivity index (χ0n) is 21.7. The minimum absolute atomic E-state index is 0. The fourth-order valence-corrected chi connectivity index (χ4v) is 7.22. The number of rotatable bonds is 9. The van der Waals surface area contributed by atoms with Gasteiger partial charge in [0.25, 0.3) is 5.91 Å². The molecule has 1 aromatic heterocycles. The lowest BCUT2D eigenvalue weighted by Crippen LogP contribution is -2.43. The van der Waals surface area contributed by atoms with E-state index in [0.717, 1.165) is 35.9 Å². The number of thiazole rings is 1. The topological polar surface area (TPSA) is 83.1 Å². The van der Waals surface area contributed by atoms with Gasteiger partial charge in [0.05, 0.1) is 22.2 Å². The lowest BCUT2D eigenvalue weighted by molar-refractivity contribution is 0.0985. The molecule has 2 heterocycles. The molecule has 0 aliphatic carbocycles. The Morgan fingerprint density at radius 3 is 2.51 bits per heavy atom. The Morgan fingerprint density at radius 2 is 1.86 bits per heavy atom. The molecule has 202 valence electrons. The van der Waals surface area contributed by atoms with Gasteiger partial charge in [0.15, 0.2) is 5.13 Å². The minimum atomic E-state index is -3.60. The summed E-state index contributed by atoms with van der Waals surface area (Å²) in [4.78, 5) is 22.2. The van der Waals surface area contributed by atoms with E-state index in [-0.39, 0.29) is 29.3 Å². The van der Waals surface area contributed by atoms with E-state index >= 15 is 0 Å². The van der Waals surface area contributed by atoms with Gasteiger partial charge in [-0.2, -0.15) is 4.31 Å². The van der Waals surface area contributed by atoms with Gasteiger partial charge < -0.3 is 9.64 Å². The van der Waals surface area contributed by atoms with Crippen LogP contribution in [-0.2, 0) is 10.0 Å². The number of likely N-dealkylation sites (N-methyl/N-ethyl adjacent to an activating group) is 1. The lowest BCUT2D eigenvalue weighted by Gasteiger charge is -2.34. The fourth-order valence-electron chi connectivity index (χ4n) is 4.48. The molecule has 11 heteroatoms. The molecule has 0 N–H and O–H groups in total. The molecule has 1 aliphatic rings. The average molecular weight is 567 g/mol. The van der Waals surface area contributed by atoms with Crippen LogP contribution in [-0.4, -0.2) is 75.4 Å². The Bertz CT molecular complexity index is 1310. The highest BCUT2D eigenvalue weighted by molar-refractivity contribution is 7.89. The van der Waals surface area contributed by atoms with Crippen molar-refractivity contribution < 1.29 is 17.9 Å². The van der Waals surface area contributed by atoms with Crippen molar-refractivity contribution in [3.05, 3.63) is 48.0 Å². The molecule has 1 amide bonds. The first-order chi connectivity index (χ1) is 17.2. The molecule has 1 saturated heterocycles. The number of aromatic nitrogens is 1. The Labute approximate surface area is 229 Å². The van der Waals surface area contributed by atoms with Crippen LogP contribution >= 0.6 is 23.7 Å². The highest BCUT2D eigenvalue weighted by atomic mass is 35.5. The van der Waals surface area contributed by atoms with E-state index in [1.807, 2.05) is 44.1 Å². The molecule has 1 unspecified atom stereocenters. The van der Waals surface area contributed by atoms with E-state index in [1.54, 1.807) is 40.6 Å². The van der Waals surface area contributed by atoms with Crippen LogP contribution in [0.1, 0.15) is 43.0 Å². The van der Waals surface area contributed by atoms with Crippen molar-refractivity contribution in [2.75, 3.05) is 45.7 Å². The molecule has 0 bridgehead atoms. The van der Waals surface area contributed by atoms with Gasteiger partial charge in [0.2, 0.25) is 10.0 Å². The molecule has 1 atom stereocenters. The van der Waals surface area contributed by atoms with Crippen LogP contribution in [0.25, 0.3) is 10.2 Å². The van der Waals surface area contributed by atoms with Gasteiger partial charge in [-0.25, -0.2) is 13.4 Å². The number of carbonyl (C=O) groups is 1. The maximum atomic E-state index is 13.6. The van der Waals surface area contributed by atoms with Crippen molar-refractivity contribution in [3.63, 3.8) is 0 Å². The summed E-state index contributed by atoms with van der Waals surface area (Å²) in [5.74, 6) is 0.498. The second-order valence-corrected chi connectivity index (χ2v) is 12.2. The average Bonchev–Trinajstić information content (AvgIpc) is 3.31. The maximum absolute atomic E-state index is 13.6. The molecular formula is C26H35ClN4O4S2. The van der Waals surface area contributed by atoms with Crippen LogP contribution in [0.3, 0.4) is 0 Å². The van der Waals surface area contributed by atoms with E-state index in [2.05, 4.69) is 0 Å². The van der Waals surface area contributed by atoms with Crippen molar-refractivity contribution in [2.24, 2.45) is 0 Å². The van der Waals surface area contributed by atoms with Gasteiger partial charge in [0.1, 0.15) is 5.75 Å². The Kier molecular flexibility index (Phi) is 9.93. The van der Waals surface area contributed by atoms with Gasteiger partial charge in [-0.1, -0.05) is 24.7 Å².